The number of carbonyl (C=O) groups excluding carboxylic acids is 1. The quantitative estimate of drug-likeness (QED) is 0.403. The van der Waals surface area contributed by atoms with Crippen molar-refractivity contribution in [1.82, 2.24) is 14.9 Å². The maximum atomic E-state index is 12.0. The summed E-state index contributed by atoms with van der Waals surface area (Å²) in [5.74, 6) is -2.28. The largest absolute Gasteiger partial charge is 0.487 e. The van der Waals surface area contributed by atoms with Gasteiger partial charge < -0.3 is 25.0 Å². The molecular weight excluding hydrogens is 391 g/mol. The second-order valence-corrected chi connectivity index (χ2v) is 6.10. The normalized spacial score (nSPS) is 22.2. The van der Waals surface area contributed by atoms with Gasteiger partial charge in [-0.05, 0) is 12.8 Å². The van der Waals surface area contributed by atoms with Gasteiger partial charge >= 0.3 is 17.8 Å². The van der Waals surface area contributed by atoms with E-state index in [-0.39, 0.29) is 44.8 Å². The number of aliphatic hydroxyl groups excluding tert-OH is 2. The van der Waals surface area contributed by atoms with Gasteiger partial charge in [0.05, 0.1) is 25.5 Å². The van der Waals surface area contributed by atoms with Crippen molar-refractivity contribution in [2.75, 3.05) is 19.8 Å². The molecule has 13 heteroatoms. The minimum atomic E-state index is -4.95. The van der Waals surface area contributed by atoms with E-state index in [1.807, 2.05) is 4.98 Å². The molecule has 1 saturated heterocycles. The van der Waals surface area contributed by atoms with Crippen molar-refractivity contribution in [1.29, 1.82) is 0 Å². The van der Waals surface area contributed by atoms with E-state index in [1.54, 1.807) is 5.32 Å². The number of amides is 1. The van der Waals surface area contributed by atoms with Crippen molar-refractivity contribution >= 4 is 5.91 Å². The molecular formula is C15H20F3N3O7. The molecule has 28 heavy (non-hydrogen) atoms. The Kier molecular flexibility index (Phi) is 7.21. The summed E-state index contributed by atoms with van der Waals surface area (Å²) in [7, 11) is 0. The number of aromatic nitrogens is 2. The highest BCUT2D eigenvalue weighted by molar-refractivity contribution is 5.81. The number of carbonyl (C=O) groups is 1. The fraction of sp³-hybridized carbons (Fsp3) is 0.667. The molecule has 0 saturated carbocycles. The standard InChI is InChI=1S/C15H20F3N3O7/c16-15(17,18)13(25)19-3-1-2-4-27-10-6-21(14(26)20-11(10)24)12-9(23)5-8(7-22)28-12/h6,8-9,12,22-23H,1-5,7H2,(H,19,25)(H,20,24,26)/t8-,9+,12+/m0/s1. The highest BCUT2D eigenvalue weighted by Crippen LogP contribution is 2.27. The number of halogens is 3. The van der Waals surface area contributed by atoms with Gasteiger partial charge in [0, 0.05) is 13.0 Å². The minimum Gasteiger partial charge on any atom is -0.487 e. The molecule has 0 aliphatic carbocycles. The van der Waals surface area contributed by atoms with Gasteiger partial charge in [0.1, 0.15) is 6.10 Å². The van der Waals surface area contributed by atoms with Gasteiger partial charge in [-0.15, -0.1) is 0 Å². The molecule has 158 valence electrons. The van der Waals surface area contributed by atoms with Gasteiger partial charge in [-0.2, -0.15) is 13.2 Å². The fourth-order valence-electron chi connectivity index (χ4n) is 2.57. The average molecular weight is 411 g/mol. The molecule has 1 amide bonds. The monoisotopic (exact) mass is 411 g/mol. The zero-order valence-electron chi connectivity index (χ0n) is 14.6. The highest BCUT2D eigenvalue weighted by Gasteiger charge is 2.38. The Hall–Kier alpha value is -2.38. The van der Waals surface area contributed by atoms with E-state index in [9.17, 15) is 32.7 Å². The lowest BCUT2D eigenvalue weighted by molar-refractivity contribution is -0.173. The Balaban J connectivity index is 1.90. The van der Waals surface area contributed by atoms with E-state index in [4.69, 9.17) is 14.6 Å². The number of alkyl halides is 3. The molecule has 0 radical (unpaired) electrons. The number of hydrogen-bond acceptors (Lipinski definition) is 7. The summed E-state index contributed by atoms with van der Waals surface area (Å²) in [6.45, 7) is -0.626. The molecule has 1 aromatic heterocycles. The van der Waals surface area contributed by atoms with Crippen LogP contribution in [-0.2, 0) is 9.53 Å². The summed E-state index contributed by atoms with van der Waals surface area (Å²) in [5, 5.41) is 20.8. The second kappa shape index (κ2) is 9.21. The van der Waals surface area contributed by atoms with E-state index >= 15 is 0 Å². The SMILES string of the molecule is O=C(NCCCCOc1cn([C@@H]2O[C@H](CO)C[C@H]2O)c(=O)[nH]c1=O)C(F)(F)F. The molecule has 1 aliphatic heterocycles. The first-order chi connectivity index (χ1) is 13.1. The van der Waals surface area contributed by atoms with E-state index < -0.39 is 41.8 Å². The summed E-state index contributed by atoms with van der Waals surface area (Å²) < 4.78 is 47.6. The van der Waals surface area contributed by atoms with Crippen LogP contribution in [0.25, 0.3) is 0 Å². The summed E-state index contributed by atoms with van der Waals surface area (Å²) in [4.78, 5) is 36.4. The number of ether oxygens (including phenoxy) is 2. The predicted molar refractivity (Wildman–Crippen MR) is 86.7 cm³/mol. The second-order valence-electron chi connectivity index (χ2n) is 6.10. The third kappa shape index (κ3) is 5.56. The number of H-pyrrole nitrogens is 1. The summed E-state index contributed by atoms with van der Waals surface area (Å²) in [6, 6.07) is 0. The van der Waals surface area contributed by atoms with E-state index in [2.05, 4.69) is 0 Å². The smallest absolute Gasteiger partial charge is 0.471 e. The van der Waals surface area contributed by atoms with Crippen LogP contribution in [0.5, 0.6) is 5.75 Å². The first-order valence-electron chi connectivity index (χ1n) is 8.41. The Morgan fingerprint density at radius 1 is 1.39 bits per heavy atom. The summed E-state index contributed by atoms with van der Waals surface area (Å²) >= 11 is 0. The predicted octanol–water partition coefficient (Wildman–Crippen LogP) is -0.985. The average Bonchev–Trinajstić information content (AvgIpc) is 2.99. The molecule has 0 unspecified atom stereocenters. The molecule has 0 bridgehead atoms. The lowest BCUT2D eigenvalue weighted by Gasteiger charge is -2.18. The number of aromatic amines is 1. The van der Waals surface area contributed by atoms with E-state index in [0.717, 1.165) is 10.8 Å². The molecule has 4 N–H and O–H groups in total. The van der Waals surface area contributed by atoms with Crippen molar-refractivity contribution in [3.05, 3.63) is 27.0 Å². The lowest BCUT2D eigenvalue weighted by Crippen LogP contribution is -2.37. The third-order valence-electron chi connectivity index (χ3n) is 3.95. The van der Waals surface area contributed by atoms with Crippen molar-refractivity contribution in [2.45, 2.75) is 43.9 Å². The molecule has 1 fully saturated rings. The van der Waals surface area contributed by atoms with Crippen LogP contribution in [0.3, 0.4) is 0 Å². The zero-order valence-corrected chi connectivity index (χ0v) is 14.6. The Morgan fingerprint density at radius 3 is 2.71 bits per heavy atom. The molecule has 1 aliphatic rings. The molecule has 1 aromatic rings. The molecule has 10 nitrogen and oxygen atoms in total. The molecule has 0 spiro atoms. The van der Waals surface area contributed by atoms with Crippen LogP contribution >= 0.6 is 0 Å². The zero-order chi connectivity index (χ0) is 20.9. The number of nitrogens with one attached hydrogen (secondary N) is 2. The van der Waals surface area contributed by atoms with E-state index in [1.165, 1.54) is 0 Å². The van der Waals surface area contributed by atoms with Gasteiger partial charge in [-0.3, -0.25) is 19.1 Å². The number of aliphatic hydroxyl groups is 2. The van der Waals surface area contributed by atoms with Crippen molar-refractivity contribution in [3.63, 3.8) is 0 Å². The first kappa shape index (κ1) is 21.9. The van der Waals surface area contributed by atoms with Crippen LogP contribution in [0, 0.1) is 0 Å². The Bertz CT molecular complexity index is 792. The molecule has 2 heterocycles. The van der Waals surface area contributed by atoms with Crippen LogP contribution in [0.2, 0.25) is 0 Å². The number of unbranched alkanes of at least 4 members (excludes halogenated alkanes) is 1. The number of rotatable bonds is 8. The Labute approximate surface area is 155 Å². The van der Waals surface area contributed by atoms with Crippen LogP contribution in [0.4, 0.5) is 13.2 Å². The van der Waals surface area contributed by atoms with Crippen molar-refractivity contribution in [2.24, 2.45) is 0 Å². The molecule has 3 atom stereocenters. The number of hydrogen-bond donors (Lipinski definition) is 4. The maximum absolute atomic E-state index is 12.0. The van der Waals surface area contributed by atoms with Crippen molar-refractivity contribution in [3.8, 4) is 5.75 Å². The van der Waals surface area contributed by atoms with Crippen molar-refractivity contribution < 1.29 is 37.7 Å². The maximum Gasteiger partial charge on any atom is 0.471 e. The van der Waals surface area contributed by atoms with Crippen LogP contribution in [-0.4, -0.2) is 63.8 Å². The van der Waals surface area contributed by atoms with Gasteiger partial charge in [-0.1, -0.05) is 0 Å². The molecule has 2 rings (SSSR count). The molecule has 0 aromatic carbocycles. The lowest BCUT2D eigenvalue weighted by atomic mass is 10.2. The van der Waals surface area contributed by atoms with Crippen LogP contribution in [0.1, 0.15) is 25.5 Å². The third-order valence-corrected chi connectivity index (χ3v) is 3.95. The first-order valence-corrected chi connectivity index (χ1v) is 8.41. The highest BCUT2D eigenvalue weighted by atomic mass is 19.4. The van der Waals surface area contributed by atoms with Crippen LogP contribution in [0.15, 0.2) is 15.8 Å². The summed E-state index contributed by atoms with van der Waals surface area (Å²) in [5.41, 5.74) is -1.66. The van der Waals surface area contributed by atoms with Crippen LogP contribution < -0.4 is 21.3 Å². The van der Waals surface area contributed by atoms with Gasteiger partial charge in [0.25, 0.3) is 5.56 Å². The van der Waals surface area contributed by atoms with Gasteiger partial charge in [0.15, 0.2) is 6.23 Å². The fourth-order valence-corrected chi connectivity index (χ4v) is 2.57. The van der Waals surface area contributed by atoms with Gasteiger partial charge in [-0.25, -0.2) is 4.79 Å². The topological polar surface area (TPSA) is 143 Å². The van der Waals surface area contributed by atoms with Gasteiger partial charge in [0.2, 0.25) is 5.75 Å². The summed E-state index contributed by atoms with van der Waals surface area (Å²) in [6.07, 6.45) is -6.23. The van der Waals surface area contributed by atoms with E-state index in [0.29, 0.717) is 0 Å². The Morgan fingerprint density at radius 2 is 2.11 bits per heavy atom. The minimum absolute atomic E-state index is 0.0590. The number of nitrogens with zero attached hydrogens (tertiary/aromatic N) is 1.